The van der Waals surface area contributed by atoms with Gasteiger partial charge in [0.1, 0.15) is 11.8 Å². The molecule has 2 N–H and O–H groups in total. The van der Waals surface area contributed by atoms with Crippen molar-refractivity contribution in [3.63, 3.8) is 0 Å². The summed E-state index contributed by atoms with van der Waals surface area (Å²) in [5, 5.41) is 7.18. The van der Waals surface area contributed by atoms with E-state index < -0.39 is 11.9 Å². The lowest BCUT2D eigenvalue weighted by atomic mass is 10.0. The van der Waals surface area contributed by atoms with Crippen molar-refractivity contribution in [2.24, 2.45) is 11.0 Å². The van der Waals surface area contributed by atoms with E-state index >= 15 is 0 Å². The van der Waals surface area contributed by atoms with Crippen LogP contribution in [0.3, 0.4) is 0 Å². The summed E-state index contributed by atoms with van der Waals surface area (Å²) >= 11 is 9.36. The van der Waals surface area contributed by atoms with Crippen LogP contribution in [0.15, 0.2) is 52.0 Å². The Morgan fingerprint density at radius 3 is 2.62 bits per heavy atom. The summed E-state index contributed by atoms with van der Waals surface area (Å²) in [5.74, 6) is -0.178. The van der Waals surface area contributed by atoms with E-state index in [1.54, 1.807) is 24.3 Å². The molecule has 0 saturated heterocycles. The second kappa shape index (κ2) is 11.0. The third-order valence-corrected chi connectivity index (χ3v) is 4.82. The van der Waals surface area contributed by atoms with E-state index in [0.29, 0.717) is 17.2 Å². The van der Waals surface area contributed by atoms with Gasteiger partial charge in [-0.1, -0.05) is 31.5 Å². The molecule has 0 saturated carbocycles. The number of carbonyl (C=O) groups is 2. The van der Waals surface area contributed by atoms with Crippen molar-refractivity contribution in [2.45, 2.75) is 26.8 Å². The molecule has 154 valence electrons. The molecule has 0 aromatic heterocycles. The zero-order chi connectivity index (χ0) is 21.4. The number of halogens is 2. The highest BCUT2D eigenvalue weighted by molar-refractivity contribution is 9.10. The minimum Gasteiger partial charge on any atom is -0.493 e. The first-order valence-corrected chi connectivity index (χ1v) is 10.3. The van der Waals surface area contributed by atoms with Crippen molar-refractivity contribution in [3.05, 3.63) is 63.1 Å². The molecule has 8 heteroatoms. The molecule has 2 aromatic rings. The number of hydrogen-bond acceptors (Lipinski definition) is 4. The summed E-state index contributed by atoms with van der Waals surface area (Å²) in [4.78, 5) is 24.9. The van der Waals surface area contributed by atoms with E-state index in [1.807, 2.05) is 39.0 Å². The second-order valence-corrected chi connectivity index (χ2v) is 7.85. The number of nitrogens with one attached hydrogen (secondary N) is 2. The van der Waals surface area contributed by atoms with Gasteiger partial charge in [-0.25, -0.2) is 5.43 Å². The smallest absolute Gasteiger partial charge is 0.262 e. The van der Waals surface area contributed by atoms with Gasteiger partial charge < -0.3 is 10.1 Å². The summed E-state index contributed by atoms with van der Waals surface area (Å²) in [6.07, 6.45) is 1.52. The number of benzene rings is 2. The number of amides is 2. The van der Waals surface area contributed by atoms with Crippen LogP contribution in [0.5, 0.6) is 5.75 Å². The molecule has 0 aliphatic heterocycles. The van der Waals surface area contributed by atoms with Gasteiger partial charge >= 0.3 is 0 Å². The third-order valence-electron chi connectivity index (χ3n) is 3.97. The van der Waals surface area contributed by atoms with Crippen LogP contribution in [0, 0.1) is 5.92 Å². The molecule has 29 heavy (non-hydrogen) atoms. The summed E-state index contributed by atoms with van der Waals surface area (Å²) in [7, 11) is 0. The first-order chi connectivity index (χ1) is 13.8. The fraction of sp³-hybridized carbons (Fsp3) is 0.286. The molecule has 0 heterocycles. The number of hydrogen-bond donors (Lipinski definition) is 2. The van der Waals surface area contributed by atoms with Crippen LogP contribution >= 0.6 is 27.5 Å². The molecular weight excluding hydrogens is 458 g/mol. The molecular formula is C21H23BrClN3O3. The van der Waals surface area contributed by atoms with Crippen molar-refractivity contribution < 1.29 is 14.3 Å². The Morgan fingerprint density at radius 2 is 2.00 bits per heavy atom. The highest BCUT2D eigenvalue weighted by atomic mass is 79.9. The summed E-state index contributed by atoms with van der Waals surface area (Å²) in [5.41, 5.74) is 3.65. The van der Waals surface area contributed by atoms with Crippen molar-refractivity contribution in [1.82, 2.24) is 10.7 Å². The molecule has 2 rings (SSSR count). The van der Waals surface area contributed by atoms with E-state index in [0.717, 1.165) is 15.8 Å². The fourth-order valence-electron chi connectivity index (χ4n) is 2.50. The van der Waals surface area contributed by atoms with Crippen LogP contribution < -0.4 is 15.5 Å². The first-order valence-electron chi connectivity index (χ1n) is 9.13. The Kier molecular flexibility index (Phi) is 8.67. The minimum atomic E-state index is -0.745. The van der Waals surface area contributed by atoms with Crippen LogP contribution in [0.25, 0.3) is 0 Å². The Morgan fingerprint density at radius 1 is 1.24 bits per heavy atom. The monoisotopic (exact) mass is 479 g/mol. The van der Waals surface area contributed by atoms with Gasteiger partial charge in [-0.3, -0.25) is 9.59 Å². The third kappa shape index (κ3) is 6.87. The Labute approximate surface area is 183 Å². The maximum atomic E-state index is 12.5. The van der Waals surface area contributed by atoms with Gasteiger partial charge in [0.25, 0.3) is 11.8 Å². The van der Waals surface area contributed by atoms with Crippen LogP contribution in [0.2, 0.25) is 5.02 Å². The lowest BCUT2D eigenvalue weighted by Gasteiger charge is -2.20. The average Bonchev–Trinajstić information content (AvgIpc) is 2.67. The van der Waals surface area contributed by atoms with Crippen molar-refractivity contribution in [1.29, 1.82) is 0 Å². The molecule has 0 fully saturated rings. The van der Waals surface area contributed by atoms with E-state index in [9.17, 15) is 9.59 Å². The second-order valence-electron chi connectivity index (χ2n) is 6.56. The Hall–Kier alpha value is -2.38. The SMILES string of the molecule is CCOc1ccc(C=NNC(=O)C(NC(=O)c2cccc(Cl)c2)C(C)C)cc1Br. The molecule has 2 aromatic carbocycles. The Balaban J connectivity index is 2.01. The molecule has 0 spiro atoms. The van der Waals surface area contributed by atoms with Crippen LogP contribution in [-0.2, 0) is 4.79 Å². The molecule has 6 nitrogen and oxygen atoms in total. The van der Waals surface area contributed by atoms with Gasteiger partial charge in [0.15, 0.2) is 0 Å². The summed E-state index contributed by atoms with van der Waals surface area (Å²) in [6, 6.07) is 11.3. The summed E-state index contributed by atoms with van der Waals surface area (Å²) < 4.78 is 6.26. The molecule has 0 aliphatic rings. The zero-order valence-electron chi connectivity index (χ0n) is 16.4. The topological polar surface area (TPSA) is 79.8 Å². The van der Waals surface area contributed by atoms with Gasteiger partial charge in [-0.2, -0.15) is 5.10 Å². The number of nitrogens with zero attached hydrogens (tertiary/aromatic N) is 1. The zero-order valence-corrected chi connectivity index (χ0v) is 18.8. The lowest BCUT2D eigenvalue weighted by molar-refractivity contribution is -0.123. The predicted molar refractivity (Wildman–Crippen MR) is 119 cm³/mol. The lowest BCUT2D eigenvalue weighted by Crippen LogP contribution is -2.48. The fourth-order valence-corrected chi connectivity index (χ4v) is 3.20. The number of carbonyl (C=O) groups excluding carboxylic acids is 2. The van der Waals surface area contributed by atoms with Gasteiger partial charge in [0.2, 0.25) is 0 Å². The largest absolute Gasteiger partial charge is 0.493 e. The van der Waals surface area contributed by atoms with Gasteiger partial charge in [-0.15, -0.1) is 0 Å². The molecule has 0 radical (unpaired) electrons. The molecule has 0 aliphatic carbocycles. The molecule has 0 bridgehead atoms. The normalized spacial score (nSPS) is 12.1. The van der Waals surface area contributed by atoms with Crippen molar-refractivity contribution in [3.8, 4) is 5.75 Å². The number of ether oxygens (including phenoxy) is 1. The predicted octanol–water partition coefficient (Wildman–Crippen LogP) is 4.41. The van der Waals surface area contributed by atoms with Crippen molar-refractivity contribution >= 4 is 45.6 Å². The van der Waals surface area contributed by atoms with E-state index in [1.165, 1.54) is 6.21 Å². The average molecular weight is 481 g/mol. The molecule has 1 atom stereocenters. The minimum absolute atomic E-state index is 0.132. The van der Waals surface area contributed by atoms with Crippen molar-refractivity contribution in [2.75, 3.05) is 6.61 Å². The van der Waals surface area contributed by atoms with Gasteiger partial charge in [0.05, 0.1) is 17.3 Å². The molecule has 2 amide bonds. The van der Waals surface area contributed by atoms with Crippen LogP contribution in [0.1, 0.15) is 36.7 Å². The highest BCUT2D eigenvalue weighted by Crippen LogP contribution is 2.25. The number of rotatable bonds is 8. The van der Waals surface area contributed by atoms with E-state index in [-0.39, 0.29) is 11.8 Å². The Bertz CT molecular complexity index is 902. The standard InChI is InChI=1S/C21H23BrClN3O3/c1-4-29-18-9-8-14(10-17(18)22)12-24-26-21(28)19(13(2)3)25-20(27)15-6-5-7-16(23)11-15/h5-13,19H,4H2,1-3H3,(H,25,27)(H,26,28). The maximum Gasteiger partial charge on any atom is 0.262 e. The van der Waals surface area contributed by atoms with Gasteiger partial charge in [-0.05, 0) is 70.7 Å². The van der Waals surface area contributed by atoms with Gasteiger partial charge in [0, 0.05) is 10.6 Å². The van der Waals surface area contributed by atoms with E-state index in [2.05, 4.69) is 31.8 Å². The van der Waals surface area contributed by atoms with Crippen LogP contribution in [-0.4, -0.2) is 30.7 Å². The number of hydrazone groups is 1. The molecule has 1 unspecified atom stereocenters. The summed E-state index contributed by atoms with van der Waals surface area (Å²) in [6.45, 7) is 6.17. The first kappa shape index (κ1) is 22.9. The highest BCUT2D eigenvalue weighted by Gasteiger charge is 2.24. The van der Waals surface area contributed by atoms with Crippen LogP contribution in [0.4, 0.5) is 0 Å². The quantitative estimate of drug-likeness (QED) is 0.434. The maximum absolute atomic E-state index is 12.5. The van der Waals surface area contributed by atoms with E-state index in [4.69, 9.17) is 16.3 Å².